The van der Waals surface area contributed by atoms with E-state index in [-0.39, 0.29) is 18.4 Å². The molecule has 22 heavy (non-hydrogen) atoms. The van der Waals surface area contributed by atoms with Gasteiger partial charge in [0.25, 0.3) is 0 Å². The molecule has 0 bridgehead atoms. The van der Waals surface area contributed by atoms with Crippen LogP contribution in [0.2, 0.25) is 0 Å². The molecule has 1 rings (SSSR count). The molecule has 0 aromatic heterocycles. The number of rotatable bonds is 11. The van der Waals surface area contributed by atoms with Crippen molar-refractivity contribution >= 4 is 11.8 Å². The van der Waals surface area contributed by atoms with Crippen LogP contribution in [0.1, 0.15) is 51.0 Å². The molecule has 122 valence electrons. The van der Waals surface area contributed by atoms with Crippen LogP contribution in [-0.2, 0) is 16.0 Å². The van der Waals surface area contributed by atoms with Crippen LogP contribution in [0.25, 0.3) is 0 Å². The van der Waals surface area contributed by atoms with Crippen LogP contribution in [0.5, 0.6) is 0 Å². The van der Waals surface area contributed by atoms with E-state index in [2.05, 4.69) is 17.6 Å². The van der Waals surface area contributed by atoms with Crippen molar-refractivity contribution in [3.63, 3.8) is 0 Å². The summed E-state index contributed by atoms with van der Waals surface area (Å²) in [7, 11) is 0. The van der Waals surface area contributed by atoms with Gasteiger partial charge in [0.15, 0.2) is 0 Å². The Bertz CT molecular complexity index is 432. The van der Waals surface area contributed by atoms with Gasteiger partial charge in [-0.3, -0.25) is 9.59 Å². The third kappa shape index (κ3) is 9.16. The molecule has 0 heterocycles. The van der Waals surface area contributed by atoms with Gasteiger partial charge in [-0.2, -0.15) is 0 Å². The molecule has 0 atom stereocenters. The quantitative estimate of drug-likeness (QED) is 0.618. The molecule has 0 saturated carbocycles. The average Bonchev–Trinajstić information content (AvgIpc) is 2.54. The molecule has 4 nitrogen and oxygen atoms in total. The molecule has 1 aromatic carbocycles. The molecule has 0 radical (unpaired) electrons. The molecule has 0 aliphatic rings. The van der Waals surface area contributed by atoms with Crippen LogP contribution < -0.4 is 10.6 Å². The highest BCUT2D eigenvalue weighted by atomic mass is 16.2. The zero-order valence-electron chi connectivity index (χ0n) is 13.6. The number of benzene rings is 1. The predicted molar refractivity (Wildman–Crippen MR) is 89.5 cm³/mol. The molecule has 0 spiro atoms. The monoisotopic (exact) mass is 304 g/mol. The van der Waals surface area contributed by atoms with Gasteiger partial charge < -0.3 is 10.6 Å². The summed E-state index contributed by atoms with van der Waals surface area (Å²) < 4.78 is 0. The van der Waals surface area contributed by atoms with Crippen LogP contribution in [0, 0.1) is 0 Å². The summed E-state index contributed by atoms with van der Waals surface area (Å²) >= 11 is 0. The van der Waals surface area contributed by atoms with Gasteiger partial charge in [0, 0.05) is 13.0 Å². The van der Waals surface area contributed by atoms with E-state index in [1.165, 1.54) is 24.8 Å². The second kappa shape index (κ2) is 11.8. The van der Waals surface area contributed by atoms with E-state index in [9.17, 15) is 9.59 Å². The van der Waals surface area contributed by atoms with Crippen molar-refractivity contribution in [2.45, 2.75) is 51.9 Å². The highest BCUT2D eigenvalue weighted by molar-refractivity contribution is 5.84. The Morgan fingerprint density at radius 2 is 1.64 bits per heavy atom. The smallest absolute Gasteiger partial charge is 0.239 e. The molecule has 2 amide bonds. The Labute approximate surface area is 133 Å². The Balaban J connectivity index is 2.01. The maximum Gasteiger partial charge on any atom is 0.239 e. The van der Waals surface area contributed by atoms with Crippen LogP contribution in [0.15, 0.2) is 30.3 Å². The first-order valence-electron chi connectivity index (χ1n) is 8.29. The number of amides is 2. The summed E-state index contributed by atoms with van der Waals surface area (Å²) in [6.45, 7) is 2.83. The fourth-order valence-corrected chi connectivity index (χ4v) is 2.21. The van der Waals surface area contributed by atoms with E-state index in [0.29, 0.717) is 13.0 Å². The second-order valence-electron chi connectivity index (χ2n) is 5.53. The van der Waals surface area contributed by atoms with Gasteiger partial charge >= 0.3 is 0 Å². The van der Waals surface area contributed by atoms with Crippen molar-refractivity contribution in [3.05, 3.63) is 35.9 Å². The third-order valence-electron chi connectivity index (χ3n) is 3.53. The van der Waals surface area contributed by atoms with Gasteiger partial charge in [-0.1, -0.05) is 62.9 Å². The fraction of sp³-hybridized carbons (Fsp3) is 0.556. The Morgan fingerprint density at radius 1 is 0.909 bits per heavy atom. The Hall–Kier alpha value is -1.84. The number of carbonyl (C=O) groups is 2. The summed E-state index contributed by atoms with van der Waals surface area (Å²) in [6, 6.07) is 10.0. The standard InChI is InChI=1S/C18H28N2O2/c1-2-3-4-5-9-12-17(21)20-15-18(22)19-14-13-16-10-7-6-8-11-16/h6-8,10-11H,2-5,9,12-15H2,1H3,(H,19,22)(H,20,21). The third-order valence-corrected chi connectivity index (χ3v) is 3.53. The molecule has 0 saturated heterocycles. The minimum atomic E-state index is -0.129. The van der Waals surface area contributed by atoms with Crippen molar-refractivity contribution in [3.8, 4) is 0 Å². The largest absolute Gasteiger partial charge is 0.354 e. The van der Waals surface area contributed by atoms with Crippen molar-refractivity contribution in [1.29, 1.82) is 0 Å². The summed E-state index contributed by atoms with van der Waals surface area (Å²) in [4.78, 5) is 23.2. The first-order valence-corrected chi connectivity index (χ1v) is 8.29. The zero-order chi connectivity index (χ0) is 16.0. The Morgan fingerprint density at radius 3 is 2.36 bits per heavy atom. The van der Waals surface area contributed by atoms with Gasteiger partial charge in [0.2, 0.25) is 11.8 Å². The lowest BCUT2D eigenvalue weighted by molar-refractivity contribution is -0.126. The van der Waals surface area contributed by atoms with Crippen LogP contribution in [0.3, 0.4) is 0 Å². The average molecular weight is 304 g/mol. The maximum absolute atomic E-state index is 11.6. The fourth-order valence-electron chi connectivity index (χ4n) is 2.21. The topological polar surface area (TPSA) is 58.2 Å². The second-order valence-corrected chi connectivity index (χ2v) is 5.53. The van der Waals surface area contributed by atoms with Gasteiger partial charge in [0.1, 0.15) is 0 Å². The normalized spacial score (nSPS) is 10.2. The van der Waals surface area contributed by atoms with E-state index < -0.39 is 0 Å². The van der Waals surface area contributed by atoms with E-state index in [1.54, 1.807) is 0 Å². The van der Waals surface area contributed by atoms with E-state index in [1.807, 2.05) is 30.3 Å². The minimum absolute atomic E-state index is 0.0327. The lowest BCUT2D eigenvalue weighted by Crippen LogP contribution is -2.37. The Kier molecular flexibility index (Phi) is 9.75. The van der Waals surface area contributed by atoms with E-state index >= 15 is 0 Å². The summed E-state index contributed by atoms with van der Waals surface area (Å²) in [6.07, 6.45) is 6.93. The van der Waals surface area contributed by atoms with Gasteiger partial charge in [-0.15, -0.1) is 0 Å². The highest BCUT2D eigenvalue weighted by Crippen LogP contribution is 2.04. The summed E-state index contributed by atoms with van der Waals surface area (Å²) in [5, 5.41) is 5.49. The van der Waals surface area contributed by atoms with Gasteiger partial charge in [-0.05, 0) is 18.4 Å². The SMILES string of the molecule is CCCCCCCC(=O)NCC(=O)NCCc1ccccc1. The maximum atomic E-state index is 11.6. The molecule has 4 heteroatoms. The van der Waals surface area contributed by atoms with Crippen LogP contribution in [0.4, 0.5) is 0 Å². The molecule has 0 unspecified atom stereocenters. The number of carbonyl (C=O) groups excluding carboxylic acids is 2. The van der Waals surface area contributed by atoms with Crippen LogP contribution >= 0.6 is 0 Å². The lowest BCUT2D eigenvalue weighted by Gasteiger charge is -2.07. The zero-order valence-corrected chi connectivity index (χ0v) is 13.6. The predicted octanol–water partition coefficient (Wildman–Crippen LogP) is 2.82. The number of hydrogen-bond acceptors (Lipinski definition) is 2. The van der Waals surface area contributed by atoms with E-state index in [0.717, 1.165) is 19.3 Å². The molecule has 2 N–H and O–H groups in total. The molecule has 1 aromatic rings. The summed E-state index contributed by atoms with van der Waals surface area (Å²) in [5.74, 6) is -0.162. The highest BCUT2D eigenvalue weighted by Gasteiger charge is 2.05. The van der Waals surface area contributed by atoms with Crippen molar-refractivity contribution < 1.29 is 9.59 Å². The molecular formula is C18H28N2O2. The molecule has 0 fully saturated rings. The van der Waals surface area contributed by atoms with Gasteiger partial charge in [-0.25, -0.2) is 0 Å². The number of unbranched alkanes of at least 4 members (excludes halogenated alkanes) is 4. The van der Waals surface area contributed by atoms with Crippen molar-refractivity contribution in [2.24, 2.45) is 0 Å². The molecule has 0 aliphatic carbocycles. The summed E-state index contributed by atoms with van der Waals surface area (Å²) in [5.41, 5.74) is 1.19. The van der Waals surface area contributed by atoms with Crippen LogP contribution in [-0.4, -0.2) is 24.9 Å². The first-order chi connectivity index (χ1) is 10.7. The minimum Gasteiger partial charge on any atom is -0.354 e. The number of nitrogens with one attached hydrogen (secondary N) is 2. The first kappa shape index (κ1) is 18.2. The molecule has 0 aliphatic heterocycles. The van der Waals surface area contributed by atoms with Crippen molar-refractivity contribution in [2.75, 3.05) is 13.1 Å². The number of hydrogen-bond donors (Lipinski definition) is 2. The van der Waals surface area contributed by atoms with Crippen molar-refractivity contribution in [1.82, 2.24) is 10.6 Å². The van der Waals surface area contributed by atoms with E-state index in [4.69, 9.17) is 0 Å². The lowest BCUT2D eigenvalue weighted by atomic mass is 10.1. The van der Waals surface area contributed by atoms with Gasteiger partial charge in [0.05, 0.1) is 6.54 Å². The molecular weight excluding hydrogens is 276 g/mol.